The van der Waals surface area contributed by atoms with Gasteiger partial charge in [-0.25, -0.2) is 8.78 Å². The number of rotatable bonds is 3. The number of benzene rings is 1. The van der Waals surface area contributed by atoms with Crippen molar-refractivity contribution >= 4 is 5.78 Å². The molecule has 1 aromatic carbocycles. The molecule has 2 heterocycles. The molecule has 2 aliphatic heterocycles. The molecule has 0 spiro atoms. The Balaban J connectivity index is 1.59. The number of halogens is 2. The zero-order chi connectivity index (χ0) is 17.3. The highest BCUT2D eigenvalue weighted by Crippen LogP contribution is 2.31. The number of ketones is 1. The average Bonchev–Trinajstić information content (AvgIpc) is 2.59. The number of carbonyl (C=O) groups excluding carboxylic acids is 1. The molecule has 2 saturated heterocycles. The molecule has 24 heavy (non-hydrogen) atoms. The molecule has 3 nitrogen and oxygen atoms in total. The maximum absolute atomic E-state index is 13.7. The van der Waals surface area contributed by atoms with Crippen molar-refractivity contribution in [3.63, 3.8) is 0 Å². The SMILES string of the molecule is Cc1c(F)cc(C(=O)C2CCC(C3CCC(C)CO3)CO2)cc1F. The lowest BCUT2D eigenvalue weighted by molar-refractivity contribution is -0.0932. The third-order valence-electron chi connectivity index (χ3n) is 5.23. The summed E-state index contributed by atoms with van der Waals surface area (Å²) in [7, 11) is 0. The van der Waals surface area contributed by atoms with E-state index in [2.05, 4.69) is 6.92 Å². The van der Waals surface area contributed by atoms with E-state index in [-0.39, 0.29) is 23.0 Å². The fourth-order valence-electron chi connectivity index (χ4n) is 3.52. The zero-order valence-electron chi connectivity index (χ0n) is 14.2. The van der Waals surface area contributed by atoms with Crippen LogP contribution in [0.15, 0.2) is 12.1 Å². The molecule has 132 valence electrons. The summed E-state index contributed by atoms with van der Waals surface area (Å²) in [5, 5.41) is 0. The van der Waals surface area contributed by atoms with Crippen LogP contribution in [0.2, 0.25) is 0 Å². The smallest absolute Gasteiger partial charge is 0.191 e. The van der Waals surface area contributed by atoms with Gasteiger partial charge in [0.25, 0.3) is 0 Å². The van der Waals surface area contributed by atoms with E-state index in [9.17, 15) is 13.6 Å². The Kier molecular flexibility index (Phi) is 5.30. The number of carbonyl (C=O) groups is 1. The third-order valence-corrected chi connectivity index (χ3v) is 5.23. The number of hydrogen-bond acceptors (Lipinski definition) is 3. The summed E-state index contributed by atoms with van der Waals surface area (Å²) in [5.41, 5.74) is -0.0263. The first-order valence-corrected chi connectivity index (χ1v) is 8.68. The van der Waals surface area contributed by atoms with Gasteiger partial charge in [-0.2, -0.15) is 0 Å². The monoisotopic (exact) mass is 338 g/mol. The van der Waals surface area contributed by atoms with E-state index in [1.165, 1.54) is 6.92 Å². The van der Waals surface area contributed by atoms with Gasteiger partial charge in [0.05, 0.1) is 12.7 Å². The minimum absolute atomic E-state index is 0.0433. The topological polar surface area (TPSA) is 35.5 Å². The van der Waals surface area contributed by atoms with E-state index in [1.807, 2.05) is 0 Å². The van der Waals surface area contributed by atoms with Crippen LogP contribution in [-0.2, 0) is 9.47 Å². The fraction of sp³-hybridized carbons (Fsp3) is 0.632. The van der Waals surface area contributed by atoms with Crippen LogP contribution < -0.4 is 0 Å². The number of ether oxygens (including phenoxy) is 2. The van der Waals surface area contributed by atoms with Crippen LogP contribution in [0.25, 0.3) is 0 Å². The Morgan fingerprint density at radius 2 is 1.75 bits per heavy atom. The quantitative estimate of drug-likeness (QED) is 0.780. The molecule has 1 aromatic rings. The Hall–Kier alpha value is -1.33. The van der Waals surface area contributed by atoms with Gasteiger partial charge in [0.15, 0.2) is 5.78 Å². The van der Waals surface area contributed by atoms with Crippen LogP contribution in [0, 0.1) is 30.4 Å². The molecule has 0 saturated carbocycles. The maximum atomic E-state index is 13.7. The predicted octanol–water partition coefficient (Wildman–Crippen LogP) is 4.07. The normalized spacial score (nSPS) is 31.0. The molecule has 0 aliphatic carbocycles. The Bertz CT molecular complexity index is 578. The first-order chi connectivity index (χ1) is 11.5. The van der Waals surface area contributed by atoms with E-state index < -0.39 is 17.7 Å². The van der Waals surface area contributed by atoms with E-state index >= 15 is 0 Å². The molecule has 0 N–H and O–H groups in total. The van der Waals surface area contributed by atoms with Gasteiger partial charge in [0.1, 0.15) is 17.7 Å². The molecule has 2 aliphatic rings. The van der Waals surface area contributed by atoms with Crippen molar-refractivity contribution in [1.82, 2.24) is 0 Å². The molecule has 0 bridgehead atoms. The molecule has 4 unspecified atom stereocenters. The van der Waals surface area contributed by atoms with Crippen LogP contribution in [0.5, 0.6) is 0 Å². The van der Waals surface area contributed by atoms with Gasteiger partial charge in [-0.3, -0.25) is 4.79 Å². The van der Waals surface area contributed by atoms with Crippen LogP contribution >= 0.6 is 0 Å². The molecule has 5 heteroatoms. The minimum atomic E-state index is -0.697. The molecule has 0 aromatic heterocycles. The standard InChI is InChI=1S/C19H24F2O3/c1-11-3-5-17(23-9-11)13-4-6-18(24-10-13)19(22)14-7-15(20)12(2)16(21)8-14/h7-8,11,13,17-18H,3-6,9-10H2,1-2H3. The van der Waals surface area contributed by atoms with Gasteiger partial charge in [0.2, 0.25) is 0 Å². The van der Waals surface area contributed by atoms with Crippen molar-refractivity contribution in [3.05, 3.63) is 34.9 Å². The van der Waals surface area contributed by atoms with Crippen molar-refractivity contribution in [3.8, 4) is 0 Å². The summed E-state index contributed by atoms with van der Waals surface area (Å²) in [4.78, 5) is 12.5. The second kappa shape index (κ2) is 7.28. The van der Waals surface area contributed by atoms with E-state index in [0.29, 0.717) is 24.9 Å². The molecular weight excluding hydrogens is 314 g/mol. The second-order valence-electron chi connectivity index (χ2n) is 7.14. The number of Topliss-reactive ketones (excluding diaryl/α,β-unsaturated/α-hetero) is 1. The Morgan fingerprint density at radius 3 is 2.29 bits per heavy atom. The van der Waals surface area contributed by atoms with Crippen molar-refractivity contribution in [1.29, 1.82) is 0 Å². The lowest BCUT2D eigenvalue weighted by atomic mass is 9.86. The van der Waals surface area contributed by atoms with E-state index in [1.54, 1.807) is 0 Å². The van der Waals surface area contributed by atoms with Gasteiger partial charge in [0, 0.05) is 23.7 Å². The Morgan fingerprint density at radius 1 is 1.04 bits per heavy atom. The number of hydrogen-bond donors (Lipinski definition) is 0. The molecule has 4 atom stereocenters. The molecule has 3 rings (SSSR count). The summed E-state index contributed by atoms with van der Waals surface area (Å²) >= 11 is 0. The first kappa shape index (κ1) is 17.5. The summed E-state index contributed by atoms with van der Waals surface area (Å²) in [6, 6.07) is 2.20. The minimum Gasteiger partial charge on any atom is -0.378 e. The maximum Gasteiger partial charge on any atom is 0.191 e. The summed E-state index contributed by atoms with van der Waals surface area (Å²) in [5.74, 6) is -0.836. The van der Waals surface area contributed by atoms with Gasteiger partial charge in [-0.15, -0.1) is 0 Å². The summed E-state index contributed by atoms with van der Waals surface area (Å²) < 4.78 is 38.9. The summed E-state index contributed by atoms with van der Waals surface area (Å²) in [6.07, 6.45) is 3.17. The molecule has 0 radical (unpaired) electrons. The van der Waals surface area contributed by atoms with Gasteiger partial charge in [-0.05, 0) is 50.7 Å². The average molecular weight is 338 g/mol. The highest BCUT2D eigenvalue weighted by Gasteiger charge is 2.34. The summed E-state index contributed by atoms with van der Waals surface area (Å²) in [6.45, 7) is 4.78. The lowest BCUT2D eigenvalue weighted by Crippen LogP contribution is -2.40. The molecule has 2 fully saturated rings. The van der Waals surface area contributed by atoms with Crippen LogP contribution in [0.1, 0.15) is 48.5 Å². The van der Waals surface area contributed by atoms with Crippen molar-refractivity contribution < 1.29 is 23.0 Å². The van der Waals surface area contributed by atoms with E-state index in [0.717, 1.165) is 38.0 Å². The largest absolute Gasteiger partial charge is 0.378 e. The van der Waals surface area contributed by atoms with Gasteiger partial charge in [-0.1, -0.05) is 6.92 Å². The van der Waals surface area contributed by atoms with E-state index in [4.69, 9.17) is 9.47 Å². The predicted molar refractivity (Wildman–Crippen MR) is 86.0 cm³/mol. The fourth-order valence-corrected chi connectivity index (χ4v) is 3.52. The van der Waals surface area contributed by atoms with Crippen LogP contribution in [-0.4, -0.2) is 31.2 Å². The lowest BCUT2D eigenvalue weighted by Gasteiger charge is -2.36. The van der Waals surface area contributed by atoms with Crippen molar-refractivity contribution in [2.75, 3.05) is 13.2 Å². The zero-order valence-corrected chi connectivity index (χ0v) is 14.2. The molecular formula is C19H24F2O3. The van der Waals surface area contributed by atoms with Crippen LogP contribution in [0.3, 0.4) is 0 Å². The van der Waals surface area contributed by atoms with Crippen molar-refractivity contribution in [2.24, 2.45) is 11.8 Å². The third kappa shape index (κ3) is 3.67. The van der Waals surface area contributed by atoms with Crippen molar-refractivity contribution in [2.45, 2.75) is 51.7 Å². The van der Waals surface area contributed by atoms with Gasteiger partial charge < -0.3 is 9.47 Å². The highest BCUT2D eigenvalue weighted by atomic mass is 19.1. The highest BCUT2D eigenvalue weighted by molar-refractivity contribution is 5.99. The Labute approximate surface area is 141 Å². The molecule has 0 amide bonds. The van der Waals surface area contributed by atoms with Crippen LogP contribution in [0.4, 0.5) is 8.78 Å². The van der Waals surface area contributed by atoms with Gasteiger partial charge >= 0.3 is 0 Å². The first-order valence-electron chi connectivity index (χ1n) is 8.68. The second-order valence-corrected chi connectivity index (χ2v) is 7.14.